The van der Waals surface area contributed by atoms with Crippen LogP contribution in [0.5, 0.6) is 0 Å². The lowest BCUT2D eigenvalue weighted by Crippen LogP contribution is -1.97. The van der Waals surface area contributed by atoms with Gasteiger partial charge in [0.2, 0.25) is 5.76 Å². The Kier molecular flexibility index (Phi) is 1.74. The van der Waals surface area contributed by atoms with Gasteiger partial charge in [0.15, 0.2) is 17.9 Å². The first-order valence-electron chi connectivity index (χ1n) is 3.70. The number of furan rings is 1. The van der Waals surface area contributed by atoms with Crippen molar-refractivity contribution in [2.45, 2.75) is 0 Å². The molecule has 6 nitrogen and oxygen atoms in total. The quantitative estimate of drug-likeness (QED) is 0.744. The third kappa shape index (κ3) is 1.22. The molecule has 6 heteroatoms. The highest BCUT2D eigenvalue weighted by molar-refractivity contribution is 5.91. The molecule has 2 rings (SSSR count). The van der Waals surface area contributed by atoms with Crippen LogP contribution in [0.4, 0.5) is 5.69 Å². The number of nitrogens with zero attached hydrogens (tertiary/aromatic N) is 1. The van der Waals surface area contributed by atoms with E-state index < -0.39 is 5.97 Å². The third-order valence-electron chi connectivity index (χ3n) is 1.63. The van der Waals surface area contributed by atoms with E-state index in [-0.39, 0.29) is 17.2 Å². The van der Waals surface area contributed by atoms with Crippen molar-refractivity contribution >= 4 is 11.7 Å². The van der Waals surface area contributed by atoms with Crippen LogP contribution in [0, 0.1) is 0 Å². The van der Waals surface area contributed by atoms with E-state index in [2.05, 4.69) is 4.98 Å². The number of rotatable bonds is 2. The Morgan fingerprint density at radius 2 is 2.29 bits per heavy atom. The molecule has 0 aliphatic carbocycles. The second kappa shape index (κ2) is 2.91. The fourth-order valence-corrected chi connectivity index (χ4v) is 1.03. The number of hydrogen-bond donors (Lipinski definition) is 2. The Labute approximate surface area is 78.0 Å². The Morgan fingerprint density at radius 3 is 2.79 bits per heavy atom. The van der Waals surface area contributed by atoms with E-state index in [1.165, 1.54) is 18.7 Å². The summed E-state index contributed by atoms with van der Waals surface area (Å²) in [5.74, 6) is -0.925. The second-order valence-corrected chi connectivity index (χ2v) is 2.57. The highest BCUT2D eigenvalue weighted by atomic mass is 16.4. The van der Waals surface area contributed by atoms with E-state index in [0.717, 1.165) is 0 Å². The molecule has 0 aliphatic rings. The summed E-state index contributed by atoms with van der Waals surface area (Å²) in [4.78, 5) is 14.3. The number of aromatic nitrogens is 1. The number of carboxylic acids is 1. The number of oxazole rings is 1. The van der Waals surface area contributed by atoms with Gasteiger partial charge in [-0.25, -0.2) is 9.78 Å². The lowest BCUT2D eigenvalue weighted by molar-refractivity contribution is 0.0665. The molecule has 0 spiro atoms. The molecule has 0 unspecified atom stereocenters. The summed E-state index contributed by atoms with van der Waals surface area (Å²) in [6.07, 6.45) is 2.62. The molecule has 0 amide bonds. The van der Waals surface area contributed by atoms with Crippen LogP contribution in [0.1, 0.15) is 10.6 Å². The highest BCUT2D eigenvalue weighted by Gasteiger charge is 2.17. The predicted molar refractivity (Wildman–Crippen MR) is 45.6 cm³/mol. The zero-order valence-corrected chi connectivity index (χ0v) is 6.93. The topological polar surface area (TPSA) is 102 Å². The van der Waals surface area contributed by atoms with E-state index in [1.54, 1.807) is 0 Å². The number of hydrogen-bond acceptors (Lipinski definition) is 5. The van der Waals surface area contributed by atoms with E-state index in [4.69, 9.17) is 19.7 Å². The number of carboxylic acid groups (broad SMARTS) is 1. The van der Waals surface area contributed by atoms with Crippen molar-refractivity contribution in [3.05, 3.63) is 24.4 Å². The molecular weight excluding hydrogens is 188 g/mol. The molecule has 0 saturated heterocycles. The van der Waals surface area contributed by atoms with Gasteiger partial charge in [-0.05, 0) is 0 Å². The van der Waals surface area contributed by atoms with Crippen molar-refractivity contribution in [3.8, 4) is 11.5 Å². The van der Waals surface area contributed by atoms with Gasteiger partial charge >= 0.3 is 5.97 Å². The van der Waals surface area contributed by atoms with E-state index in [0.29, 0.717) is 5.76 Å². The molecule has 0 atom stereocenters. The van der Waals surface area contributed by atoms with Crippen LogP contribution in [0.15, 0.2) is 27.5 Å². The number of anilines is 1. The standard InChI is InChI=1S/C8H6N2O4/c9-4-1-5(6-2-10-3-13-6)14-7(4)8(11)12/h1-3H,9H2,(H,11,12). The molecule has 3 N–H and O–H groups in total. The average molecular weight is 194 g/mol. The van der Waals surface area contributed by atoms with E-state index in [1.807, 2.05) is 0 Å². The minimum absolute atomic E-state index is 0.0592. The van der Waals surface area contributed by atoms with E-state index >= 15 is 0 Å². The van der Waals surface area contributed by atoms with Crippen LogP contribution in [0.2, 0.25) is 0 Å². The van der Waals surface area contributed by atoms with Gasteiger partial charge in [0, 0.05) is 6.07 Å². The molecule has 0 aliphatic heterocycles. The molecule has 0 saturated carbocycles. The molecule has 0 aromatic carbocycles. The molecule has 0 fully saturated rings. The Bertz CT molecular complexity index is 458. The maximum Gasteiger partial charge on any atom is 0.374 e. The zero-order chi connectivity index (χ0) is 10.1. The van der Waals surface area contributed by atoms with Crippen LogP contribution >= 0.6 is 0 Å². The normalized spacial score (nSPS) is 10.3. The largest absolute Gasteiger partial charge is 0.475 e. The molecule has 0 bridgehead atoms. The summed E-state index contributed by atoms with van der Waals surface area (Å²) in [5.41, 5.74) is 5.47. The first kappa shape index (κ1) is 8.36. The van der Waals surface area contributed by atoms with Crippen molar-refractivity contribution in [1.29, 1.82) is 0 Å². The van der Waals surface area contributed by atoms with Gasteiger partial charge in [-0.2, -0.15) is 0 Å². The minimum atomic E-state index is -1.21. The lowest BCUT2D eigenvalue weighted by atomic mass is 10.3. The Hall–Kier alpha value is -2.24. The lowest BCUT2D eigenvalue weighted by Gasteiger charge is -1.88. The predicted octanol–water partition coefficient (Wildman–Crippen LogP) is 1.22. The van der Waals surface area contributed by atoms with Gasteiger partial charge in [-0.1, -0.05) is 0 Å². The molecule has 14 heavy (non-hydrogen) atoms. The van der Waals surface area contributed by atoms with Gasteiger partial charge in [0.25, 0.3) is 0 Å². The first-order valence-corrected chi connectivity index (χ1v) is 3.70. The summed E-state index contributed by atoms with van der Waals surface area (Å²) in [6, 6.07) is 1.38. The monoisotopic (exact) mass is 194 g/mol. The van der Waals surface area contributed by atoms with Crippen LogP contribution < -0.4 is 5.73 Å². The fraction of sp³-hybridized carbons (Fsp3) is 0. The van der Waals surface area contributed by atoms with Gasteiger partial charge in [-0.15, -0.1) is 0 Å². The SMILES string of the molecule is Nc1cc(-c2cnco2)oc1C(=O)O. The van der Waals surface area contributed by atoms with Crippen LogP contribution in [0.3, 0.4) is 0 Å². The van der Waals surface area contributed by atoms with E-state index in [9.17, 15) is 4.79 Å². The molecule has 2 heterocycles. The molecule has 2 aromatic heterocycles. The molecule has 2 aromatic rings. The van der Waals surface area contributed by atoms with Gasteiger partial charge in [0.05, 0.1) is 11.9 Å². The number of nitrogen functional groups attached to an aromatic ring is 1. The summed E-state index contributed by atoms with van der Waals surface area (Å²) < 4.78 is 9.88. The van der Waals surface area contributed by atoms with Crippen molar-refractivity contribution in [3.63, 3.8) is 0 Å². The maximum absolute atomic E-state index is 10.6. The number of carbonyl (C=O) groups is 1. The third-order valence-corrected chi connectivity index (χ3v) is 1.63. The fourth-order valence-electron chi connectivity index (χ4n) is 1.03. The molecule has 72 valence electrons. The highest BCUT2D eigenvalue weighted by Crippen LogP contribution is 2.26. The Morgan fingerprint density at radius 1 is 1.50 bits per heavy atom. The average Bonchev–Trinajstić information content (AvgIpc) is 2.70. The second-order valence-electron chi connectivity index (χ2n) is 2.57. The smallest absolute Gasteiger partial charge is 0.374 e. The summed E-state index contributed by atoms with van der Waals surface area (Å²) >= 11 is 0. The van der Waals surface area contributed by atoms with Crippen LogP contribution in [-0.4, -0.2) is 16.1 Å². The molecular formula is C8H6N2O4. The van der Waals surface area contributed by atoms with Crippen molar-refractivity contribution in [2.75, 3.05) is 5.73 Å². The maximum atomic E-state index is 10.6. The van der Waals surface area contributed by atoms with Crippen molar-refractivity contribution in [2.24, 2.45) is 0 Å². The van der Waals surface area contributed by atoms with Gasteiger partial charge in [0.1, 0.15) is 0 Å². The van der Waals surface area contributed by atoms with Crippen molar-refractivity contribution in [1.82, 2.24) is 4.98 Å². The van der Waals surface area contributed by atoms with Gasteiger partial charge < -0.3 is 19.7 Å². The van der Waals surface area contributed by atoms with Crippen LogP contribution in [-0.2, 0) is 0 Å². The molecule has 0 radical (unpaired) electrons. The summed E-state index contributed by atoms with van der Waals surface area (Å²) in [7, 11) is 0. The minimum Gasteiger partial charge on any atom is -0.475 e. The number of nitrogens with two attached hydrogens (primary N) is 1. The van der Waals surface area contributed by atoms with Gasteiger partial charge in [-0.3, -0.25) is 0 Å². The summed E-state index contributed by atoms with van der Waals surface area (Å²) in [5, 5.41) is 8.66. The number of aromatic carboxylic acids is 1. The Balaban J connectivity index is 2.48. The van der Waals surface area contributed by atoms with Crippen molar-refractivity contribution < 1.29 is 18.7 Å². The first-order chi connectivity index (χ1) is 6.68. The summed E-state index contributed by atoms with van der Waals surface area (Å²) in [6.45, 7) is 0. The van der Waals surface area contributed by atoms with Crippen LogP contribution in [0.25, 0.3) is 11.5 Å². The zero-order valence-electron chi connectivity index (χ0n) is 6.93.